The number of nitrogens with zero attached hydrogens (tertiary/aromatic N) is 4. The SMILES string of the molecule is Cc1c(C(=O)Nc2cc(N3CCCC3)ccn2)ccc(-c2nn3c(c2C(N)=O)Nc2ccc(C(C)(C)C)cc2CC3)c1F. The van der Waals surface area contributed by atoms with Crippen LogP contribution in [0.2, 0.25) is 0 Å². The van der Waals surface area contributed by atoms with Crippen molar-refractivity contribution in [3.63, 3.8) is 0 Å². The van der Waals surface area contributed by atoms with E-state index < -0.39 is 17.6 Å². The van der Waals surface area contributed by atoms with Crippen LogP contribution >= 0.6 is 0 Å². The zero-order valence-electron chi connectivity index (χ0n) is 24.9. The number of carbonyl (C=O) groups is 2. The molecule has 2 aromatic carbocycles. The second-order valence-corrected chi connectivity index (χ2v) is 12.3. The third-order valence-electron chi connectivity index (χ3n) is 8.36. The maximum Gasteiger partial charge on any atom is 0.257 e. The molecule has 2 aliphatic heterocycles. The molecule has 1 saturated heterocycles. The summed E-state index contributed by atoms with van der Waals surface area (Å²) >= 11 is 0. The van der Waals surface area contributed by atoms with Crippen molar-refractivity contribution in [3.8, 4) is 11.3 Å². The number of nitrogens with two attached hydrogens (primary N) is 1. The molecule has 0 spiro atoms. The zero-order chi connectivity index (χ0) is 30.5. The minimum Gasteiger partial charge on any atom is -0.371 e. The molecule has 1 fully saturated rings. The van der Waals surface area contributed by atoms with Crippen molar-refractivity contribution in [1.29, 1.82) is 0 Å². The number of benzene rings is 2. The fourth-order valence-corrected chi connectivity index (χ4v) is 5.87. The Kier molecular flexibility index (Phi) is 7.15. The van der Waals surface area contributed by atoms with Gasteiger partial charge in [-0.05, 0) is 72.6 Å². The Morgan fingerprint density at radius 3 is 2.53 bits per heavy atom. The van der Waals surface area contributed by atoms with Gasteiger partial charge in [-0.15, -0.1) is 0 Å². The molecule has 0 atom stereocenters. The lowest BCUT2D eigenvalue weighted by atomic mass is 9.85. The second kappa shape index (κ2) is 10.8. The van der Waals surface area contributed by atoms with E-state index in [0.717, 1.165) is 42.9 Å². The van der Waals surface area contributed by atoms with Crippen LogP contribution in [0.1, 0.15) is 71.0 Å². The topological polar surface area (TPSA) is 118 Å². The van der Waals surface area contributed by atoms with Gasteiger partial charge in [-0.3, -0.25) is 9.59 Å². The van der Waals surface area contributed by atoms with E-state index in [0.29, 0.717) is 24.6 Å². The number of primary amides is 1. The van der Waals surface area contributed by atoms with Crippen LogP contribution in [0.4, 0.5) is 27.4 Å². The van der Waals surface area contributed by atoms with E-state index in [4.69, 9.17) is 5.73 Å². The van der Waals surface area contributed by atoms with Crippen molar-refractivity contribution in [3.05, 3.63) is 82.3 Å². The van der Waals surface area contributed by atoms with Crippen molar-refractivity contribution in [2.24, 2.45) is 5.73 Å². The summed E-state index contributed by atoms with van der Waals surface area (Å²) in [4.78, 5) is 32.5. The molecule has 2 aliphatic rings. The standard InChI is InChI=1S/C33H36FN7O2/c1-19-23(32(43)38-26-18-22(11-13-36-26)40-14-5-6-15-40)8-9-24(28(19)34)29-27(30(35)42)31-37-25-10-7-21(33(2,3)4)17-20(25)12-16-41(31)39-29/h7-11,13,17-18,37H,5-6,12,14-16H2,1-4H3,(H2,35,42)(H,36,38,43). The molecule has 9 nitrogen and oxygen atoms in total. The number of halogens is 1. The molecule has 6 rings (SSSR count). The Labute approximate surface area is 250 Å². The monoisotopic (exact) mass is 581 g/mol. The van der Waals surface area contributed by atoms with E-state index >= 15 is 4.39 Å². The van der Waals surface area contributed by atoms with Gasteiger partial charge in [-0.2, -0.15) is 5.10 Å². The predicted molar refractivity (Wildman–Crippen MR) is 167 cm³/mol. The Bertz CT molecular complexity index is 1750. The zero-order valence-corrected chi connectivity index (χ0v) is 24.9. The first kappa shape index (κ1) is 28.4. The van der Waals surface area contributed by atoms with E-state index in [1.807, 2.05) is 18.2 Å². The molecule has 0 bridgehead atoms. The Balaban J connectivity index is 1.31. The number of aromatic nitrogens is 3. The highest BCUT2D eigenvalue weighted by Crippen LogP contribution is 2.37. The average molecular weight is 582 g/mol. The molecular formula is C33H36FN7O2. The maximum absolute atomic E-state index is 16.0. The van der Waals surface area contributed by atoms with Gasteiger partial charge < -0.3 is 21.3 Å². The lowest BCUT2D eigenvalue weighted by molar-refractivity contribution is 0.0998. The number of nitrogens with one attached hydrogen (secondary N) is 2. The number of aryl methyl sites for hydroxylation is 2. The highest BCUT2D eigenvalue weighted by Gasteiger charge is 2.29. The molecule has 0 unspecified atom stereocenters. The smallest absolute Gasteiger partial charge is 0.257 e. The summed E-state index contributed by atoms with van der Waals surface area (Å²) in [5.74, 6) is -1.02. The highest BCUT2D eigenvalue weighted by atomic mass is 19.1. The van der Waals surface area contributed by atoms with E-state index in [-0.39, 0.29) is 33.4 Å². The van der Waals surface area contributed by atoms with Crippen LogP contribution < -0.4 is 21.3 Å². The summed E-state index contributed by atoms with van der Waals surface area (Å²) in [5, 5.41) is 10.8. The Morgan fingerprint density at radius 2 is 1.81 bits per heavy atom. The van der Waals surface area contributed by atoms with Gasteiger partial charge in [0.2, 0.25) is 0 Å². The van der Waals surface area contributed by atoms with Gasteiger partial charge in [0.25, 0.3) is 11.8 Å². The van der Waals surface area contributed by atoms with Crippen LogP contribution in [0.3, 0.4) is 0 Å². The third-order valence-corrected chi connectivity index (χ3v) is 8.36. The van der Waals surface area contributed by atoms with E-state index in [2.05, 4.69) is 58.5 Å². The summed E-state index contributed by atoms with van der Waals surface area (Å²) < 4.78 is 17.6. The summed E-state index contributed by atoms with van der Waals surface area (Å²) in [5.41, 5.74) is 10.6. The van der Waals surface area contributed by atoms with Gasteiger partial charge >= 0.3 is 0 Å². The minimum absolute atomic E-state index is 0.00688. The van der Waals surface area contributed by atoms with Crippen LogP contribution in [-0.2, 0) is 18.4 Å². The van der Waals surface area contributed by atoms with Crippen LogP contribution in [0.25, 0.3) is 11.3 Å². The van der Waals surface area contributed by atoms with E-state index in [1.54, 1.807) is 16.9 Å². The Hall–Kier alpha value is -4.73. The first-order valence-electron chi connectivity index (χ1n) is 14.6. The number of fused-ring (bicyclic) bond motifs is 2. The summed E-state index contributed by atoms with van der Waals surface area (Å²) in [6.07, 6.45) is 4.59. The molecular weight excluding hydrogens is 545 g/mol. The van der Waals surface area contributed by atoms with E-state index in [9.17, 15) is 9.59 Å². The van der Waals surface area contributed by atoms with Crippen LogP contribution in [0, 0.1) is 12.7 Å². The van der Waals surface area contributed by atoms with Crippen molar-refractivity contribution in [2.75, 3.05) is 28.6 Å². The molecule has 0 aliphatic carbocycles. The van der Waals surface area contributed by atoms with Crippen LogP contribution in [0.15, 0.2) is 48.7 Å². The summed E-state index contributed by atoms with van der Waals surface area (Å²) in [6.45, 7) is 10.4. The molecule has 2 aromatic heterocycles. The van der Waals surface area contributed by atoms with Crippen LogP contribution in [0.5, 0.6) is 0 Å². The normalized spacial score (nSPS) is 14.5. The Morgan fingerprint density at radius 1 is 1.05 bits per heavy atom. The van der Waals surface area contributed by atoms with Crippen LogP contribution in [-0.4, -0.2) is 39.7 Å². The number of rotatable bonds is 5. The number of anilines is 4. The number of pyridine rings is 1. The number of hydrogen-bond acceptors (Lipinski definition) is 6. The minimum atomic E-state index is -0.721. The molecule has 4 aromatic rings. The third kappa shape index (κ3) is 5.33. The first-order chi connectivity index (χ1) is 20.5. The van der Waals surface area contributed by atoms with E-state index in [1.165, 1.54) is 18.6 Å². The van der Waals surface area contributed by atoms with Gasteiger partial charge in [0.15, 0.2) is 0 Å². The van der Waals surface area contributed by atoms with Gasteiger partial charge in [0.1, 0.15) is 28.7 Å². The quantitative estimate of drug-likeness (QED) is 0.268. The predicted octanol–water partition coefficient (Wildman–Crippen LogP) is 5.94. The molecule has 43 heavy (non-hydrogen) atoms. The lowest BCUT2D eigenvalue weighted by Crippen LogP contribution is -2.19. The first-order valence-corrected chi connectivity index (χ1v) is 14.6. The molecule has 222 valence electrons. The summed E-state index contributed by atoms with van der Waals surface area (Å²) in [7, 11) is 0. The summed E-state index contributed by atoms with van der Waals surface area (Å²) in [6, 6.07) is 13.0. The fraction of sp³-hybridized carbons (Fsp3) is 0.333. The number of hydrogen-bond donors (Lipinski definition) is 3. The van der Waals surface area contributed by atoms with Gasteiger partial charge in [-0.1, -0.05) is 32.9 Å². The highest BCUT2D eigenvalue weighted by molar-refractivity contribution is 6.07. The molecule has 0 radical (unpaired) electrons. The van der Waals surface area contributed by atoms with Gasteiger partial charge in [0, 0.05) is 54.4 Å². The molecule has 10 heteroatoms. The largest absolute Gasteiger partial charge is 0.371 e. The number of amides is 2. The van der Waals surface area contributed by atoms with Crippen molar-refractivity contribution >= 4 is 34.8 Å². The van der Waals surface area contributed by atoms with Crippen molar-refractivity contribution < 1.29 is 14.0 Å². The number of carbonyl (C=O) groups excluding carboxylic acids is 2. The van der Waals surface area contributed by atoms with Gasteiger partial charge in [0.05, 0.1) is 0 Å². The second-order valence-electron chi connectivity index (χ2n) is 12.3. The molecule has 2 amide bonds. The van der Waals surface area contributed by atoms with Gasteiger partial charge in [-0.25, -0.2) is 14.1 Å². The maximum atomic E-state index is 16.0. The fourth-order valence-electron chi connectivity index (χ4n) is 5.87. The molecule has 0 saturated carbocycles. The van der Waals surface area contributed by atoms with Crippen molar-refractivity contribution in [1.82, 2.24) is 14.8 Å². The van der Waals surface area contributed by atoms with Crippen molar-refractivity contribution in [2.45, 2.75) is 58.9 Å². The average Bonchev–Trinajstić information content (AvgIpc) is 3.59. The molecule has 4 N–H and O–H groups in total. The molecule has 4 heterocycles. The lowest BCUT2D eigenvalue weighted by Gasteiger charge is -2.21.